The second-order valence-corrected chi connectivity index (χ2v) is 9.46. The van der Waals surface area contributed by atoms with Crippen molar-refractivity contribution in [2.24, 2.45) is 0 Å². The summed E-state index contributed by atoms with van der Waals surface area (Å²) in [6.07, 6.45) is 1.61. The van der Waals surface area contributed by atoms with Gasteiger partial charge in [-0.05, 0) is 81.9 Å². The molecule has 0 aliphatic carbocycles. The lowest BCUT2D eigenvalue weighted by Crippen LogP contribution is -2.32. The number of carbonyl (C=O) groups excluding carboxylic acids is 2. The average Bonchev–Trinajstić information content (AvgIpc) is 3.07. The fraction of sp³-hybridized carbons (Fsp3) is 0.429. The van der Waals surface area contributed by atoms with Gasteiger partial charge in [-0.25, -0.2) is 0 Å². The van der Waals surface area contributed by atoms with E-state index in [1.54, 1.807) is 23.1 Å². The normalized spacial score (nSPS) is 17.3. The van der Waals surface area contributed by atoms with E-state index in [1.165, 1.54) is 0 Å². The number of aryl methyl sites for hydroxylation is 1. The fourth-order valence-electron chi connectivity index (χ4n) is 4.30. The fourth-order valence-corrected chi connectivity index (χ4v) is 4.30. The Morgan fingerprint density at radius 1 is 1.06 bits per heavy atom. The van der Waals surface area contributed by atoms with Gasteiger partial charge in [-0.1, -0.05) is 19.1 Å². The maximum atomic E-state index is 13.2. The standard InChI is InChI=1S/C28H37N3O4/c1-7-17-35-23-14-11-21(18-19(23)2)26(32)24-25(20-9-12-22(13-10-20)30(5)6)31(28(34)27(24)33)16-8-15-29(3)4/h9-14,18,25,32H,7-8,15-17H2,1-6H3/b26-24+. The molecule has 1 aliphatic rings. The van der Waals surface area contributed by atoms with Gasteiger partial charge in [0, 0.05) is 31.9 Å². The van der Waals surface area contributed by atoms with Gasteiger partial charge in [-0.3, -0.25) is 9.59 Å². The number of carbonyl (C=O) groups is 2. The number of hydrogen-bond donors (Lipinski definition) is 1. The number of amides is 1. The minimum absolute atomic E-state index is 0.124. The summed E-state index contributed by atoms with van der Waals surface area (Å²) in [5, 5.41) is 11.3. The first-order chi connectivity index (χ1) is 16.6. The number of benzene rings is 2. The van der Waals surface area contributed by atoms with Crippen molar-refractivity contribution in [3.8, 4) is 5.75 Å². The molecule has 1 saturated heterocycles. The molecule has 2 aromatic carbocycles. The van der Waals surface area contributed by atoms with Crippen molar-refractivity contribution in [1.82, 2.24) is 9.80 Å². The summed E-state index contributed by atoms with van der Waals surface area (Å²) in [6, 6.07) is 12.4. The highest BCUT2D eigenvalue weighted by Gasteiger charge is 2.45. The third kappa shape index (κ3) is 5.85. The summed E-state index contributed by atoms with van der Waals surface area (Å²) in [4.78, 5) is 32.0. The summed E-state index contributed by atoms with van der Waals surface area (Å²) in [5.41, 5.74) is 3.28. The number of aliphatic hydroxyl groups excluding tert-OH is 1. The molecule has 0 saturated carbocycles. The largest absolute Gasteiger partial charge is 0.507 e. The Labute approximate surface area is 208 Å². The Morgan fingerprint density at radius 2 is 1.74 bits per heavy atom. The molecule has 1 N–H and O–H groups in total. The van der Waals surface area contributed by atoms with E-state index in [0.717, 1.165) is 42.0 Å². The van der Waals surface area contributed by atoms with E-state index in [0.29, 0.717) is 18.7 Å². The zero-order valence-corrected chi connectivity index (χ0v) is 21.7. The number of aliphatic hydroxyl groups is 1. The molecule has 188 valence electrons. The Balaban J connectivity index is 2.06. The lowest BCUT2D eigenvalue weighted by molar-refractivity contribution is -0.139. The number of ether oxygens (including phenoxy) is 1. The van der Waals surface area contributed by atoms with Gasteiger partial charge in [0.15, 0.2) is 0 Å². The maximum Gasteiger partial charge on any atom is 0.295 e. The maximum absolute atomic E-state index is 13.2. The topological polar surface area (TPSA) is 73.3 Å². The molecule has 1 atom stereocenters. The number of anilines is 1. The Morgan fingerprint density at radius 3 is 2.31 bits per heavy atom. The predicted molar refractivity (Wildman–Crippen MR) is 140 cm³/mol. The zero-order chi connectivity index (χ0) is 25.7. The Kier molecular flexibility index (Phi) is 8.57. The Bertz CT molecular complexity index is 1090. The van der Waals surface area contributed by atoms with Crippen LogP contribution in [0.25, 0.3) is 5.76 Å². The molecule has 1 aliphatic heterocycles. The van der Waals surface area contributed by atoms with Crippen LogP contribution in [0, 0.1) is 6.92 Å². The van der Waals surface area contributed by atoms with Crippen LogP contribution in [0.2, 0.25) is 0 Å². The molecule has 0 bridgehead atoms. The van der Waals surface area contributed by atoms with Crippen molar-refractivity contribution in [3.05, 3.63) is 64.7 Å². The van der Waals surface area contributed by atoms with Crippen LogP contribution in [0.1, 0.15) is 42.5 Å². The molecular formula is C28H37N3O4. The summed E-state index contributed by atoms with van der Waals surface area (Å²) in [5.74, 6) is -0.654. The van der Waals surface area contributed by atoms with Gasteiger partial charge in [0.25, 0.3) is 11.7 Å². The van der Waals surface area contributed by atoms with E-state index < -0.39 is 17.7 Å². The van der Waals surface area contributed by atoms with Crippen molar-refractivity contribution < 1.29 is 19.4 Å². The van der Waals surface area contributed by atoms with Crippen LogP contribution < -0.4 is 9.64 Å². The molecule has 35 heavy (non-hydrogen) atoms. The quantitative estimate of drug-likeness (QED) is 0.312. The van der Waals surface area contributed by atoms with Gasteiger partial charge < -0.3 is 24.5 Å². The first-order valence-electron chi connectivity index (χ1n) is 12.1. The number of Topliss-reactive ketones (excluding diaryl/α,β-unsaturated/α-hetero) is 1. The molecule has 0 aromatic heterocycles. The van der Waals surface area contributed by atoms with Gasteiger partial charge >= 0.3 is 0 Å². The summed E-state index contributed by atoms with van der Waals surface area (Å²) < 4.78 is 5.75. The highest BCUT2D eigenvalue weighted by atomic mass is 16.5. The first-order valence-corrected chi connectivity index (χ1v) is 12.1. The van der Waals surface area contributed by atoms with Crippen LogP contribution in [0.4, 0.5) is 5.69 Å². The van der Waals surface area contributed by atoms with Crippen LogP contribution in [0.5, 0.6) is 5.75 Å². The molecule has 1 fully saturated rings. The van der Waals surface area contributed by atoms with Crippen molar-refractivity contribution in [2.45, 2.75) is 32.7 Å². The van der Waals surface area contributed by atoms with Crippen molar-refractivity contribution in [1.29, 1.82) is 0 Å². The van der Waals surface area contributed by atoms with E-state index in [9.17, 15) is 14.7 Å². The molecule has 2 aromatic rings. The van der Waals surface area contributed by atoms with Crippen molar-refractivity contribution in [2.75, 3.05) is 52.8 Å². The SMILES string of the molecule is CCCOc1ccc(/C(O)=C2\C(=O)C(=O)N(CCCN(C)C)C2c2ccc(N(C)C)cc2)cc1C. The van der Waals surface area contributed by atoms with Gasteiger partial charge in [0.05, 0.1) is 18.2 Å². The lowest BCUT2D eigenvalue weighted by atomic mass is 9.94. The molecule has 0 spiro atoms. The molecule has 1 heterocycles. The highest BCUT2D eigenvalue weighted by Crippen LogP contribution is 2.40. The first kappa shape index (κ1) is 26.3. The second kappa shape index (κ2) is 11.4. The van der Waals surface area contributed by atoms with Crippen LogP contribution >= 0.6 is 0 Å². The number of rotatable bonds is 10. The predicted octanol–water partition coefficient (Wildman–Crippen LogP) is 4.22. The zero-order valence-electron chi connectivity index (χ0n) is 21.7. The van der Waals surface area contributed by atoms with Crippen molar-refractivity contribution >= 4 is 23.1 Å². The number of nitrogens with zero attached hydrogens (tertiary/aromatic N) is 3. The number of hydrogen-bond acceptors (Lipinski definition) is 6. The second-order valence-electron chi connectivity index (χ2n) is 9.46. The van der Waals surface area contributed by atoms with E-state index >= 15 is 0 Å². The van der Waals surface area contributed by atoms with Gasteiger partial charge in [0.1, 0.15) is 11.5 Å². The van der Waals surface area contributed by atoms with Crippen LogP contribution in [0.15, 0.2) is 48.0 Å². The van der Waals surface area contributed by atoms with E-state index in [4.69, 9.17) is 4.74 Å². The molecule has 3 rings (SSSR count). The van der Waals surface area contributed by atoms with E-state index in [-0.39, 0.29) is 11.3 Å². The molecule has 7 heteroatoms. The minimum Gasteiger partial charge on any atom is -0.507 e. The molecule has 0 radical (unpaired) electrons. The number of likely N-dealkylation sites (tertiary alicyclic amines) is 1. The summed E-state index contributed by atoms with van der Waals surface area (Å²) in [7, 11) is 7.86. The summed E-state index contributed by atoms with van der Waals surface area (Å²) >= 11 is 0. The highest BCUT2D eigenvalue weighted by molar-refractivity contribution is 6.46. The van der Waals surface area contributed by atoms with Gasteiger partial charge in [-0.15, -0.1) is 0 Å². The van der Waals surface area contributed by atoms with E-state index in [1.807, 2.05) is 76.1 Å². The molecule has 1 amide bonds. The molecular weight excluding hydrogens is 442 g/mol. The van der Waals surface area contributed by atoms with Crippen molar-refractivity contribution in [3.63, 3.8) is 0 Å². The number of ketones is 1. The van der Waals surface area contributed by atoms with Crippen LogP contribution in [0.3, 0.4) is 0 Å². The monoisotopic (exact) mass is 479 g/mol. The third-order valence-corrected chi connectivity index (χ3v) is 6.18. The van der Waals surface area contributed by atoms with Crippen LogP contribution in [-0.2, 0) is 9.59 Å². The lowest BCUT2D eigenvalue weighted by Gasteiger charge is -2.26. The molecule has 7 nitrogen and oxygen atoms in total. The molecule has 1 unspecified atom stereocenters. The minimum atomic E-state index is -0.655. The van der Waals surface area contributed by atoms with Gasteiger partial charge in [-0.2, -0.15) is 0 Å². The third-order valence-electron chi connectivity index (χ3n) is 6.18. The van der Waals surface area contributed by atoms with Crippen LogP contribution in [-0.4, -0.2) is 74.5 Å². The summed E-state index contributed by atoms with van der Waals surface area (Å²) in [6.45, 7) is 5.75. The Hall–Kier alpha value is -3.32. The smallest absolute Gasteiger partial charge is 0.295 e. The average molecular weight is 480 g/mol. The van der Waals surface area contributed by atoms with E-state index in [2.05, 4.69) is 0 Å². The van der Waals surface area contributed by atoms with Gasteiger partial charge in [0.2, 0.25) is 0 Å².